The zero-order chi connectivity index (χ0) is 29.4. The zero-order valence-corrected chi connectivity index (χ0v) is 23.7. The van der Waals surface area contributed by atoms with Gasteiger partial charge in [-0.15, -0.1) is 0 Å². The van der Waals surface area contributed by atoms with Crippen molar-refractivity contribution in [1.82, 2.24) is 0 Å². The first kappa shape index (κ1) is 32.7. The molecule has 0 spiro atoms. The summed E-state index contributed by atoms with van der Waals surface area (Å²) in [4.78, 5) is 48.7. The molecule has 0 fully saturated rings. The van der Waals surface area contributed by atoms with Crippen molar-refractivity contribution < 1.29 is 48.0 Å². The Bertz CT molecular complexity index is 993. The number of carbonyl (C=O) groups excluding carboxylic acids is 3. The van der Waals surface area contributed by atoms with E-state index in [4.69, 9.17) is 29.4 Å². The summed E-state index contributed by atoms with van der Waals surface area (Å²) in [5.41, 5.74) is 4.64. The van der Waals surface area contributed by atoms with E-state index < -0.39 is 53.5 Å². The molecule has 0 saturated heterocycles. The van der Waals surface area contributed by atoms with E-state index >= 15 is 0 Å². The highest BCUT2D eigenvalue weighted by molar-refractivity contribution is 5.75. The zero-order valence-electron chi connectivity index (χ0n) is 23.7. The third kappa shape index (κ3) is 11.4. The summed E-state index contributed by atoms with van der Waals surface area (Å²) < 4.78 is 26.4. The van der Waals surface area contributed by atoms with Crippen LogP contribution in [0.3, 0.4) is 0 Å². The monoisotopic (exact) mass is 539 g/mol. The first-order chi connectivity index (χ1) is 17.3. The number of carbonyl (C=O) groups is 4. The first-order valence-corrected chi connectivity index (χ1v) is 12.5. The Morgan fingerprint density at radius 2 is 1.39 bits per heavy atom. The standard InChI is InChI=1S/C27H41NO10/c1-10-15(2)23(31)34-16(3)13-18(21(28)22(29)30)17-11-12-19(35-24(32)37-26(4,5)6)20(14-17)36-25(33)38-27(7,8)9/h11-12,14-16,18,21H,10,13,28H2,1-9H3,(H,29,30)/t15?,16?,18?,21-/m0/s1. The van der Waals surface area contributed by atoms with Crippen molar-refractivity contribution in [3.63, 3.8) is 0 Å². The lowest BCUT2D eigenvalue weighted by Crippen LogP contribution is -2.38. The van der Waals surface area contributed by atoms with Crippen LogP contribution >= 0.6 is 0 Å². The van der Waals surface area contributed by atoms with Gasteiger partial charge in [0.05, 0.1) is 12.0 Å². The molecule has 11 nitrogen and oxygen atoms in total. The maximum Gasteiger partial charge on any atom is 0.514 e. The average Bonchev–Trinajstić information content (AvgIpc) is 2.74. The molecule has 0 aromatic heterocycles. The minimum Gasteiger partial charge on any atom is -0.480 e. The van der Waals surface area contributed by atoms with Crippen molar-refractivity contribution in [2.75, 3.05) is 0 Å². The van der Waals surface area contributed by atoms with E-state index in [9.17, 15) is 24.3 Å². The highest BCUT2D eigenvalue weighted by Crippen LogP contribution is 2.35. The van der Waals surface area contributed by atoms with Crippen LogP contribution in [0.1, 0.15) is 86.6 Å². The second-order valence-corrected chi connectivity index (χ2v) is 11.1. The van der Waals surface area contributed by atoms with Gasteiger partial charge in [0.15, 0.2) is 11.5 Å². The Kier molecular flexibility index (Phi) is 11.6. The van der Waals surface area contributed by atoms with Crippen molar-refractivity contribution in [2.45, 2.75) is 104 Å². The Labute approximate surface area is 223 Å². The fraction of sp³-hybridized carbons (Fsp3) is 0.630. The van der Waals surface area contributed by atoms with Gasteiger partial charge in [0.2, 0.25) is 0 Å². The number of hydrogen-bond acceptors (Lipinski definition) is 10. The van der Waals surface area contributed by atoms with Gasteiger partial charge in [-0.25, -0.2) is 9.59 Å². The number of benzene rings is 1. The van der Waals surface area contributed by atoms with Gasteiger partial charge < -0.3 is 34.5 Å². The lowest BCUT2D eigenvalue weighted by molar-refractivity contribution is -0.153. The number of hydrogen-bond donors (Lipinski definition) is 2. The molecule has 38 heavy (non-hydrogen) atoms. The topological polar surface area (TPSA) is 161 Å². The third-order valence-electron chi connectivity index (χ3n) is 5.20. The third-order valence-corrected chi connectivity index (χ3v) is 5.20. The molecule has 3 unspecified atom stereocenters. The smallest absolute Gasteiger partial charge is 0.480 e. The lowest BCUT2D eigenvalue weighted by atomic mass is 9.87. The van der Waals surface area contributed by atoms with Crippen molar-refractivity contribution in [1.29, 1.82) is 0 Å². The van der Waals surface area contributed by atoms with Gasteiger partial charge in [-0.05, 0) is 79.0 Å². The Hall–Kier alpha value is -3.34. The summed E-state index contributed by atoms with van der Waals surface area (Å²) in [5.74, 6) is -3.23. The molecule has 4 atom stereocenters. The summed E-state index contributed by atoms with van der Waals surface area (Å²) in [6.45, 7) is 15.1. The molecule has 1 rings (SSSR count). The van der Waals surface area contributed by atoms with Crippen LogP contribution in [0.5, 0.6) is 11.5 Å². The van der Waals surface area contributed by atoms with E-state index in [2.05, 4.69) is 0 Å². The van der Waals surface area contributed by atoms with E-state index in [1.54, 1.807) is 55.4 Å². The number of nitrogens with two attached hydrogens (primary N) is 1. The largest absolute Gasteiger partial charge is 0.514 e. The molecule has 0 bridgehead atoms. The summed E-state index contributed by atoms with van der Waals surface area (Å²) >= 11 is 0. The van der Waals surface area contributed by atoms with E-state index in [0.717, 1.165) is 0 Å². The van der Waals surface area contributed by atoms with Crippen LogP contribution < -0.4 is 15.2 Å². The number of ether oxygens (including phenoxy) is 5. The molecule has 0 aliphatic heterocycles. The predicted molar refractivity (Wildman–Crippen MR) is 138 cm³/mol. The number of carboxylic acids is 1. The minimum atomic E-state index is -1.38. The molecule has 0 aliphatic rings. The van der Waals surface area contributed by atoms with Crippen molar-refractivity contribution >= 4 is 24.2 Å². The van der Waals surface area contributed by atoms with E-state index in [1.807, 2.05) is 6.92 Å². The summed E-state index contributed by atoms with van der Waals surface area (Å²) in [6.07, 6.45) is -2.12. The van der Waals surface area contributed by atoms with E-state index in [0.29, 0.717) is 12.0 Å². The van der Waals surface area contributed by atoms with Crippen LogP contribution in [0.4, 0.5) is 9.59 Å². The van der Waals surface area contributed by atoms with Crippen LogP contribution in [0, 0.1) is 5.92 Å². The second-order valence-electron chi connectivity index (χ2n) is 11.1. The van der Waals surface area contributed by atoms with Crippen LogP contribution in [-0.4, -0.2) is 52.7 Å². The molecule has 0 aliphatic carbocycles. The van der Waals surface area contributed by atoms with E-state index in [-0.39, 0.29) is 23.8 Å². The normalized spacial score (nSPS) is 14.9. The molecular formula is C27H41NO10. The second kappa shape index (κ2) is 13.5. The molecule has 0 heterocycles. The maximum atomic E-state index is 12.4. The van der Waals surface area contributed by atoms with Crippen LogP contribution in [0.2, 0.25) is 0 Å². The number of rotatable bonds is 10. The summed E-state index contributed by atoms with van der Waals surface area (Å²) in [6, 6.07) is 2.77. The van der Waals surface area contributed by atoms with Crippen LogP contribution in [0.25, 0.3) is 0 Å². The van der Waals surface area contributed by atoms with Gasteiger partial charge in [-0.3, -0.25) is 9.59 Å². The highest BCUT2D eigenvalue weighted by Gasteiger charge is 2.31. The van der Waals surface area contributed by atoms with E-state index in [1.165, 1.54) is 18.2 Å². The summed E-state index contributed by atoms with van der Waals surface area (Å²) in [5, 5.41) is 9.63. The van der Waals surface area contributed by atoms with Gasteiger partial charge >= 0.3 is 24.2 Å². The van der Waals surface area contributed by atoms with Gasteiger partial charge in [-0.2, -0.15) is 0 Å². The highest BCUT2D eigenvalue weighted by atomic mass is 16.8. The summed E-state index contributed by atoms with van der Waals surface area (Å²) in [7, 11) is 0. The number of carboxylic acid groups (broad SMARTS) is 1. The van der Waals surface area contributed by atoms with Crippen molar-refractivity contribution in [3.8, 4) is 11.5 Å². The average molecular weight is 540 g/mol. The molecule has 1 aromatic carbocycles. The molecular weight excluding hydrogens is 498 g/mol. The van der Waals surface area contributed by atoms with Crippen molar-refractivity contribution in [2.24, 2.45) is 11.7 Å². The minimum absolute atomic E-state index is 0.0633. The fourth-order valence-electron chi connectivity index (χ4n) is 3.19. The van der Waals surface area contributed by atoms with Crippen molar-refractivity contribution in [3.05, 3.63) is 23.8 Å². The predicted octanol–water partition coefficient (Wildman–Crippen LogP) is 5.18. The van der Waals surface area contributed by atoms with Gasteiger partial charge in [-0.1, -0.05) is 19.9 Å². The lowest BCUT2D eigenvalue weighted by Gasteiger charge is -2.26. The maximum absolute atomic E-state index is 12.4. The van der Waals surface area contributed by atoms with Gasteiger partial charge in [0.1, 0.15) is 17.2 Å². The first-order valence-electron chi connectivity index (χ1n) is 12.5. The molecule has 11 heteroatoms. The molecule has 0 amide bonds. The van der Waals surface area contributed by atoms with Crippen LogP contribution in [-0.2, 0) is 23.8 Å². The Balaban J connectivity index is 3.41. The molecule has 214 valence electrons. The SMILES string of the molecule is CCC(C)C(=O)OC(C)CC(c1ccc(OC(=O)OC(C)(C)C)c(OC(=O)OC(C)(C)C)c1)[C@H](N)C(=O)O. The molecule has 0 saturated carbocycles. The number of aliphatic carboxylic acids is 1. The Morgan fingerprint density at radius 1 is 0.895 bits per heavy atom. The quantitative estimate of drug-likeness (QED) is 0.229. The van der Waals surface area contributed by atoms with Crippen LogP contribution in [0.15, 0.2) is 18.2 Å². The fourth-order valence-corrected chi connectivity index (χ4v) is 3.19. The molecule has 3 N–H and O–H groups in total. The van der Waals surface area contributed by atoms with Gasteiger partial charge in [0, 0.05) is 5.92 Å². The molecule has 0 radical (unpaired) electrons. The molecule has 1 aromatic rings. The van der Waals surface area contributed by atoms with Gasteiger partial charge in [0.25, 0.3) is 0 Å². The number of esters is 1. The Morgan fingerprint density at radius 3 is 1.84 bits per heavy atom.